The standard InChI is InChI=1S/C31H31ClO5/c1-22(25-14-16-28(32)17-15-25)27(20-30(33)37-21-24-10-18-29(35-2)19-11-24)7-5-4-6-23-8-12-26(13-9-23)31(34)36-3/h8-19,22,27H,5,7,20-21H2,1-3H3/t22-,27+/m1/s1. The number of methoxy groups -OCH3 is 2. The number of hydrogen-bond acceptors (Lipinski definition) is 5. The molecule has 0 aromatic heterocycles. The lowest BCUT2D eigenvalue weighted by Crippen LogP contribution is -2.17. The number of ether oxygens (including phenoxy) is 3. The Morgan fingerprint density at radius 1 is 0.919 bits per heavy atom. The van der Waals surface area contributed by atoms with E-state index >= 15 is 0 Å². The van der Waals surface area contributed by atoms with Gasteiger partial charge in [-0.25, -0.2) is 4.79 Å². The average molecular weight is 519 g/mol. The maximum atomic E-state index is 12.8. The molecule has 5 nitrogen and oxygen atoms in total. The smallest absolute Gasteiger partial charge is 0.337 e. The van der Waals surface area contributed by atoms with E-state index in [0.717, 1.165) is 28.9 Å². The number of benzene rings is 3. The first-order valence-electron chi connectivity index (χ1n) is 12.1. The van der Waals surface area contributed by atoms with E-state index < -0.39 is 0 Å². The summed E-state index contributed by atoms with van der Waals surface area (Å²) in [7, 11) is 2.97. The topological polar surface area (TPSA) is 61.8 Å². The van der Waals surface area contributed by atoms with Gasteiger partial charge in [0, 0.05) is 23.4 Å². The van der Waals surface area contributed by atoms with Crippen LogP contribution in [0.4, 0.5) is 0 Å². The molecular formula is C31H31ClO5. The molecule has 0 fully saturated rings. The predicted octanol–water partition coefficient (Wildman–Crippen LogP) is 6.82. The van der Waals surface area contributed by atoms with Gasteiger partial charge in [-0.15, -0.1) is 0 Å². The van der Waals surface area contributed by atoms with Crippen LogP contribution in [0.5, 0.6) is 5.75 Å². The molecule has 0 aliphatic carbocycles. The van der Waals surface area contributed by atoms with Gasteiger partial charge in [-0.1, -0.05) is 54.6 Å². The van der Waals surface area contributed by atoms with Gasteiger partial charge in [0.25, 0.3) is 0 Å². The fraction of sp³-hybridized carbons (Fsp3) is 0.290. The van der Waals surface area contributed by atoms with Gasteiger partial charge < -0.3 is 14.2 Å². The van der Waals surface area contributed by atoms with Gasteiger partial charge in [-0.05, 0) is 77.9 Å². The van der Waals surface area contributed by atoms with Gasteiger partial charge in [-0.2, -0.15) is 0 Å². The summed E-state index contributed by atoms with van der Waals surface area (Å²) in [5.74, 6) is 6.63. The first-order valence-corrected chi connectivity index (χ1v) is 12.5. The summed E-state index contributed by atoms with van der Waals surface area (Å²) in [5.41, 5.74) is 3.32. The molecule has 3 aromatic rings. The van der Waals surface area contributed by atoms with Gasteiger partial charge in [-0.3, -0.25) is 4.79 Å². The molecule has 0 heterocycles. The molecule has 0 radical (unpaired) electrons. The van der Waals surface area contributed by atoms with E-state index in [1.165, 1.54) is 7.11 Å². The number of halogens is 1. The van der Waals surface area contributed by atoms with E-state index in [9.17, 15) is 9.59 Å². The number of esters is 2. The highest BCUT2D eigenvalue weighted by atomic mass is 35.5. The zero-order chi connectivity index (χ0) is 26.6. The van der Waals surface area contributed by atoms with Gasteiger partial charge >= 0.3 is 11.9 Å². The van der Waals surface area contributed by atoms with Crippen molar-refractivity contribution in [1.29, 1.82) is 0 Å². The van der Waals surface area contributed by atoms with Crippen LogP contribution in [0, 0.1) is 17.8 Å². The number of carbonyl (C=O) groups excluding carboxylic acids is 2. The normalized spacial score (nSPS) is 12.0. The fourth-order valence-corrected chi connectivity index (χ4v) is 4.08. The van der Waals surface area contributed by atoms with Crippen LogP contribution in [0.1, 0.15) is 59.2 Å². The first-order chi connectivity index (χ1) is 17.9. The minimum absolute atomic E-state index is 0.0422. The Hall–Kier alpha value is -3.75. The molecule has 6 heteroatoms. The van der Waals surface area contributed by atoms with E-state index in [0.29, 0.717) is 17.0 Å². The van der Waals surface area contributed by atoms with Crippen molar-refractivity contribution >= 4 is 23.5 Å². The highest BCUT2D eigenvalue weighted by molar-refractivity contribution is 6.30. The monoisotopic (exact) mass is 518 g/mol. The molecule has 37 heavy (non-hydrogen) atoms. The van der Waals surface area contributed by atoms with Crippen LogP contribution in [0.25, 0.3) is 0 Å². The van der Waals surface area contributed by atoms with Gasteiger partial charge in [0.2, 0.25) is 0 Å². The van der Waals surface area contributed by atoms with E-state index in [2.05, 4.69) is 18.8 Å². The minimum Gasteiger partial charge on any atom is -0.497 e. The predicted molar refractivity (Wildman–Crippen MR) is 145 cm³/mol. The molecule has 0 saturated heterocycles. The molecular weight excluding hydrogens is 488 g/mol. The summed E-state index contributed by atoms with van der Waals surface area (Å²) >= 11 is 6.07. The number of rotatable bonds is 10. The van der Waals surface area contributed by atoms with Crippen molar-refractivity contribution in [2.75, 3.05) is 14.2 Å². The van der Waals surface area contributed by atoms with Crippen molar-refractivity contribution in [3.05, 3.63) is 100 Å². The summed E-state index contributed by atoms with van der Waals surface area (Å²) < 4.78 is 15.5. The Labute approximate surface area is 223 Å². The lowest BCUT2D eigenvalue weighted by Gasteiger charge is -2.23. The van der Waals surface area contributed by atoms with Crippen LogP contribution < -0.4 is 4.74 Å². The zero-order valence-corrected chi connectivity index (χ0v) is 22.1. The van der Waals surface area contributed by atoms with Crippen molar-refractivity contribution < 1.29 is 23.8 Å². The Kier molecular flexibility index (Phi) is 10.6. The Morgan fingerprint density at radius 2 is 1.59 bits per heavy atom. The number of carbonyl (C=O) groups is 2. The van der Waals surface area contributed by atoms with Crippen LogP contribution in [-0.2, 0) is 20.9 Å². The molecule has 0 saturated carbocycles. The molecule has 3 rings (SSSR count). The van der Waals surface area contributed by atoms with E-state index in [4.69, 9.17) is 25.8 Å². The van der Waals surface area contributed by atoms with Crippen molar-refractivity contribution in [3.63, 3.8) is 0 Å². The fourth-order valence-electron chi connectivity index (χ4n) is 3.96. The van der Waals surface area contributed by atoms with E-state index in [-0.39, 0.29) is 36.8 Å². The third kappa shape index (κ3) is 8.70. The van der Waals surface area contributed by atoms with Crippen LogP contribution >= 0.6 is 11.6 Å². The Morgan fingerprint density at radius 3 is 2.22 bits per heavy atom. The number of hydrogen-bond donors (Lipinski definition) is 0. The second-order valence-electron chi connectivity index (χ2n) is 8.72. The summed E-state index contributed by atoms with van der Waals surface area (Å²) in [6, 6.07) is 22.2. The van der Waals surface area contributed by atoms with Crippen LogP contribution in [0.15, 0.2) is 72.8 Å². The van der Waals surface area contributed by atoms with Gasteiger partial charge in [0.05, 0.1) is 19.8 Å². The summed E-state index contributed by atoms with van der Waals surface area (Å²) in [6.45, 7) is 2.33. The van der Waals surface area contributed by atoms with Crippen molar-refractivity contribution in [1.82, 2.24) is 0 Å². The molecule has 0 unspecified atom stereocenters. The largest absolute Gasteiger partial charge is 0.497 e. The lowest BCUT2D eigenvalue weighted by atomic mass is 9.82. The molecule has 3 aromatic carbocycles. The Bertz CT molecular complexity index is 1220. The molecule has 0 spiro atoms. The van der Waals surface area contributed by atoms with Crippen molar-refractivity contribution in [2.45, 2.75) is 38.7 Å². The first kappa shape index (κ1) is 27.8. The maximum Gasteiger partial charge on any atom is 0.337 e. The molecule has 2 atom stereocenters. The quantitative estimate of drug-likeness (QED) is 0.218. The molecule has 0 amide bonds. The summed E-state index contributed by atoms with van der Waals surface area (Å²) in [5, 5.41) is 0.676. The Balaban J connectivity index is 1.63. The lowest BCUT2D eigenvalue weighted by molar-refractivity contribution is -0.146. The molecule has 0 bridgehead atoms. The molecule has 0 aliphatic heterocycles. The average Bonchev–Trinajstić information content (AvgIpc) is 2.93. The molecule has 0 aliphatic rings. The highest BCUT2D eigenvalue weighted by Crippen LogP contribution is 2.31. The van der Waals surface area contributed by atoms with Gasteiger partial charge in [0.1, 0.15) is 12.4 Å². The van der Waals surface area contributed by atoms with Crippen LogP contribution in [0.3, 0.4) is 0 Å². The van der Waals surface area contributed by atoms with E-state index in [1.54, 1.807) is 31.4 Å². The summed E-state index contributed by atoms with van der Waals surface area (Å²) in [4.78, 5) is 24.4. The van der Waals surface area contributed by atoms with Crippen LogP contribution in [-0.4, -0.2) is 26.2 Å². The molecule has 0 N–H and O–H groups in total. The highest BCUT2D eigenvalue weighted by Gasteiger charge is 2.22. The third-order valence-corrected chi connectivity index (χ3v) is 6.52. The van der Waals surface area contributed by atoms with E-state index in [1.807, 2.05) is 48.5 Å². The second kappa shape index (κ2) is 14.1. The van der Waals surface area contributed by atoms with Crippen molar-refractivity contribution in [3.8, 4) is 17.6 Å². The molecule has 192 valence electrons. The SMILES string of the molecule is COC(=O)c1ccc(C#CCC[C@@H](CC(=O)OCc2ccc(OC)cc2)[C@H](C)c2ccc(Cl)cc2)cc1. The van der Waals surface area contributed by atoms with Gasteiger partial charge in [0.15, 0.2) is 0 Å². The third-order valence-electron chi connectivity index (χ3n) is 6.27. The second-order valence-corrected chi connectivity index (χ2v) is 9.16. The zero-order valence-electron chi connectivity index (χ0n) is 21.3. The van der Waals surface area contributed by atoms with Crippen LogP contribution in [0.2, 0.25) is 5.02 Å². The summed E-state index contributed by atoms with van der Waals surface area (Å²) in [6.07, 6.45) is 1.64. The van der Waals surface area contributed by atoms with Crippen molar-refractivity contribution in [2.24, 2.45) is 5.92 Å². The minimum atomic E-state index is -0.377. The maximum absolute atomic E-state index is 12.8.